The van der Waals surface area contributed by atoms with E-state index >= 15 is 0 Å². The summed E-state index contributed by atoms with van der Waals surface area (Å²) in [6, 6.07) is 5.30. The number of nitrogens with one attached hydrogen (secondary N) is 1. The molecule has 0 amide bonds. The third kappa shape index (κ3) is 3.35. The van der Waals surface area contributed by atoms with E-state index in [0.717, 1.165) is 22.3 Å². The molecule has 1 atom stereocenters. The van der Waals surface area contributed by atoms with Crippen molar-refractivity contribution >= 4 is 39.1 Å². The lowest BCUT2D eigenvalue weighted by Gasteiger charge is -2.24. The van der Waals surface area contributed by atoms with Gasteiger partial charge in [0.2, 0.25) is 0 Å². The standard InChI is InChI=1S/C11H13BrN2O2S/c12-10-6-9(14(15)16)3-4-11(10)13-8-2-1-5-17-7-8/h3-4,6,8,13H,1-2,5,7H2. The highest BCUT2D eigenvalue weighted by Gasteiger charge is 2.15. The van der Waals surface area contributed by atoms with Gasteiger partial charge in [-0.25, -0.2) is 0 Å². The number of nitro groups is 1. The first kappa shape index (κ1) is 12.7. The van der Waals surface area contributed by atoms with E-state index in [4.69, 9.17) is 0 Å². The van der Waals surface area contributed by atoms with Crippen molar-refractivity contribution in [3.05, 3.63) is 32.8 Å². The van der Waals surface area contributed by atoms with Crippen LogP contribution in [0.25, 0.3) is 0 Å². The van der Waals surface area contributed by atoms with Gasteiger partial charge in [-0.15, -0.1) is 0 Å². The zero-order valence-corrected chi connectivity index (χ0v) is 11.6. The second kappa shape index (κ2) is 5.73. The van der Waals surface area contributed by atoms with Gasteiger partial charge in [0.25, 0.3) is 5.69 Å². The number of hydrogen-bond acceptors (Lipinski definition) is 4. The Morgan fingerprint density at radius 2 is 2.35 bits per heavy atom. The Balaban J connectivity index is 2.08. The minimum absolute atomic E-state index is 0.112. The quantitative estimate of drug-likeness (QED) is 0.683. The number of thioether (sulfide) groups is 1. The van der Waals surface area contributed by atoms with Crippen molar-refractivity contribution in [2.45, 2.75) is 18.9 Å². The third-order valence-corrected chi connectivity index (χ3v) is 4.55. The summed E-state index contributed by atoms with van der Waals surface area (Å²) in [7, 11) is 0. The number of hydrogen-bond donors (Lipinski definition) is 1. The average Bonchev–Trinajstić information content (AvgIpc) is 2.33. The van der Waals surface area contributed by atoms with E-state index in [1.165, 1.54) is 24.3 Å². The number of non-ortho nitro benzene ring substituents is 1. The fraction of sp³-hybridized carbons (Fsp3) is 0.455. The van der Waals surface area contributed by atoms with Gasteiger partial charge in [0.15, 0.2) is 0 Å². The molecule has 1 aliphatic heterocycles. The van der Waals surface area contributed by atoms with Crippen LogP contribution in [0.1, 0.15) is 12.8 Å². The number of nitro benzene ring substituents is 1. The van der Waals surface area contributed by atoms with Gasteiger partial charge in [-0.2, -0.15) is 11.8 Å². The first-order valence-electron chi connectivity index (χ1n) is 5.45. The first-order valence-corrected chi connectivity index (χ1v) is 7.40. The Morgan fingerprint density at radius 3 is 2.94 bits per heavy atom. The van der Waals surface area contributed by atoms with Crippen molar-refractivity contribution in [3.63, 3.8) is 0 Å². The molecule has 17 heavy (non-hydrogen) atoms. The van der Waals surface area contributed by atoms with Crippen molar-refractivity contribution in [1.82, 2.24) is 0 Å². The summed E-state index contributed by atoms with van der Waals surface area (Å²) in [5.41, 5.74) is 1.04. The Kier molecular flexibility index (Phi) is 4.28. The van der Waals surface area contributed by atoms with Crippen LogP contribution in [0.4, 0.5) is 11.4 Å². The Morgan fingerprint density at radius 1 is 1.53 bits per heavy atom. The summed E-state index contributed by atoms with van der Waals surface area (Å²) in [6.07, 6.45) is 2.39. The molecule has 0 bridgehead atoms. The lowest BCUT2D eigenvalue weighted by molar-refractivity contribution is -0.384. The summed E-state index contributed by atoms with van der Waals surface area (Å²) in [5.74, 6) is 2.34. The third-order valence-electron chi connectivity index (χ3n) is 2.68. The molecule has 1 aliphatic rings. The molecule has 1 aromatic carbocycles. The van der Waals surface area contributed by atoms with E-state index in [1.807, 2.05) is 11.8 Å². The minimum atomic E-state index is -0.384. The van der Waals surface area contributed by atoms with Gasteiger partial charge in [-0.05, 0) is 40.6 Å². The SMILES string of the molecule is O=[N+]([O-])c1ccc(NC2CCCSC2)c(Br)c1. The highest BCUT2D eigenvalue weighted by molar-refractivity contribution is 9.10. The van der Waals surface area contributed by atoms with Gasteiger partial charge < -0.3 is 5.32 Å². The molecule has 6 heteroatoms. The van der Waals surface area contributed by atoms with Crippen LogP contribution >= 0.6 is 27.7 Å². The maximum absolute atomic E-state index is 10.6. The number of halogens is 1. The van der Waals surface area contributed by atoms with E-state index in [2.05, 4.69) is 21.2 Å². The summed E-state index contributed by atoms with van der Waals surface area (Å²) < 4.78 is 0.752. The molecule has 4 nitrogen and oxygen atoms in total. The largest absolute Gasteiger partial charge is 0.381 e. The number of rotatable bonds is 3. The van der Waals surface area contributed by atoms with E-state index in [9.17, 15) is 10.1 Å². The summed E-state index contributed by atoms with van der Waals surface area (Å²) in [4.78, 5) is 10.2. The lowest BCUT2D eigenvalue weighted by Crippen LogP contribution is -2.25. The van der Waals surface area contributed by atoms with E-state index in [0.29, 0.717) is 6.04 Å². The molecule has 1 saturated heterocycles. The zero-order chi connectivity index (χ0) is 12.3. The molecule has 0 radical (unpaired) electrons. The maximum atomic E-state index is 10.6. The molecule has 1 heterocycles. The predicted molar refractivity (Wildman–Crippen MR) is 74.8 cm³/mol. The average molecular weight is 317 g/mol. The molecular weight excluding hydrogens is 304 g/mol. The molecule has 0 saturated carbocycles. The van der Waals surface area contributed by atoms with Crippen LogP contribution < -0.4 is 5.32 Å². The van der Waals surface area contributed by atoms with Crippen LogP contribution in [0.5, 0.6) is 0 Å². The molecular formula is C11H13BrN2O2S. The number of benzene rings is 1. The Hall–Kier alpha value is -0.750. The molecule has 0 aliphatic carbocycles. The van der Waals surface area contributed by atoms with Crippen molar-refractivity contribution in [3.8, 4) is 0 Å². The second-order valence-electron chi connectivity index (χ2n) is 3.98. The van der Waals surface area contributed by atoms with Crippen LogP contribution in [0.2, 0.25) is 0 Å². The van der Waals surface area contributed by atoms with Crippen LogP contribution in [0.15, 0.2) is 22.7 Å². The summed E-state index contributed by atoms with van der Waals surface area (Å²) >= 11 is 5.32. The molecule has 1 aromatic rings. The summed E-state index contributed by atoms with van der Waals surface area (Å²) in [6.45, 7) is 0. The normalized spacial score (nSPS) is 19.9. The van der Waals surface area contributed by atoms with Gasteiger partial charge >= 0.3 is 0 Å². The van der Waals surface area contributed by atoms with Crippen molar-refractivity contribution in [2.24, 2.45) is 0 Å². The topological polar surface area (TPSA) is 55.2 Å². The highest BCUT2D eigenvalue weighted by Crippen LogP contribution is 2.29. The Bertz CT molecular complexity index is 422. The van der Waals surface area contributed by atoms with Crippen LogP contribution in [-0.4, -0.2) is 22.5 Å². The number of anilines is 1. The molecule has 1 N–H and O–H groups in total. The highest BCUT2D eigenvalue weighted by atomic mass is 79.9. The molecule has 1 fully saturated rings. The van der Waals surface area contributed by atoms with Gasteiger partial charge in [-0.1, -0.05) is 0 Å². The second-order valence-corrected chi connectivity index (χ2v) is 5.98. The van der Waals surface area contributed by atoms with Crippen LogP contribution in [-0.2, 0) is 0 Å². The van der Waals surface area contributed by atoms with Gasteiger partial charge in [0.1, 0.15) is 0 Å². The van der Waals surface area contributed by atoms with Crippen LogP contribution in [0.3, 0.4) is 0 Å². The van der Waals surface area contributed by atoms with E-state index in [-0.39, 0.29) is 10.6 Å². The maximum Gasteiger partial charge on any atom is 0.270 e. The van der Waals surface area contributed by atoms with Crippen molar-refractivity contribution in [1.29, 1.82) is 0 Å². The molecule has 92 valence electrons. The number of nitrogens with zero attached hydrogens (tertiary/aromatic N) is 1. The molecule has 0 spiro atoms. The van der Waals surface area contributed by atoms with E-state index in [1.54, 1.807) is 6.07 Å². The van der Waals surface area contributed by atoms with Crippen molar-refractivity contribution in [2.75, 3.05) is 16.8 Å². The van der Waals surface area contributed by atoms with Gasteiger partial charge in [0.05, 0.1) is 4.92 Å². The molecule has 0 aromatic heterocycles. The zero-order valence-electron chi connectivity index (χ0n) is 9.19. The first-order chi connectivity index (χ1) is 8.16. The fourth-order valence-electron chi connectivity index (χ4n) is 1.81. The van der Waals surface area contributed by atoms with Gasteiger partial charge in [0, 0.05) is 34.1 Å². The predicted octanol–water partition coefficient (Wildman–Crippen LogP) is 3.66. The monoisotopic (exact) mass is 316 g/mol. The summed E-state index contributed by atoms with van der Waals surface area (Å²) in [5, 5.41) is 14.0. The van der Waals surface area contributed by atoms with E-state index < -0.39 is 0 Å². The van der Waals surface area contributed by atoms with Crippen molar-refractivity contribution < 1.29 is 4.92 Å². The fourth-order valence-corrected chi connectivity index (χ4v) is 3.36. The van der Waals surface area contributed by atoms with Gasteiger partial charge in [-0.3, -0.25) is 10.1 Å². The lowest BCUT2D eigenvalue weighted by atomic mass is 10.1. The molecule has 2 rings (SSSR count). The smallest absolute Gasteiger partial charge is 0.270 e. The van der Waals surface area contributed by atoms with Crippen LogP contribution in [0, 0.1) is 10.1 Å². The Labute approximate surface area is 112 Å². The molecule has 1 unspecified atom stereocenters. The minimum Gasteiger partial charge on any atom is -0.381 e.